The second-order valence-electron chi connectivity index (χ2n) is 4.34. The molecule has 1 aromatic heterocycles. The maximum atomic E-state index is 5.33. The standard InChI is InChI=1S/C15H17BrN2O2/c1-10-6-13(19-2)8-12(18-10)9-17-14-7-11(16)4-5-15(14)20-3/h4-8,17H,9H2,1-3H3. The van der Waals surface area contributed by atoms with E-state index in [4.69, 9.17) is 9.47 Å². The minimum atomic E-state index is 0.602. The predicted molar refractivity (Wildman–Crippen MR) is 83.5 cm³/mol. The number of benzene rings is 1. The SMILES string of the molecule is COc1cc(C)nc(CNc2cc(Br)ccc2OC)c1. The Kier molecular flexibility index (Phi) is 4.84. The van der Waals surface area contributed by atoms with Gasteiger partial charge in [0.2, 0.25) is 0 Å². The predicted octanol–water partition coefficient (Wildman–Crippen LogP) is 3.78. The number of hydrogen-bond acceptors (Lipinski definition) is 4. The monoisotopic (exact) mass is 336 g/mol. The number of ether oxygens (including phenoxy) is 2. The minimum absolute atomic E-state index is 0.602. The average molecular weight is 337 g/mol. The molecule has 2 aromatic rings. The fourth-order valence-corrected chi connectivity index (χ4v) is 2.28. The number of pyridine rings is 1. The van der Waals surface area contributed by atoms with Gasteiger partial charge in [-0.05, 0) is 25.1 Å². The van der Waals surface area contributed by atoms with Gasteiger partial charge in [0.25, 0.3) is 0 Å². The van der Waals surface area contributed by atoms with Crippen LogP contribution < -0.4 is 14.8 Å². The highest BCUT2D eigenvalue weighted by molar-refractivity contribution is 9.10. The number of aryl methyl sites for hydroxylation is 1. The quantitative estimate of drug-likeness (QED) is 0.902. The molecule has 0 saturated heterocycles. The van der Waals surface area contributed by atoms with Gasteiger partial charge in [0, 0.05) is 22.3 Å². The summed E-state index contributed by atoms with van der Waals surface area (Å²) in [4.78, 5) is 4.48. The fourth-order valence-electron chi connectivity index (χ4n) is 1.92. The lowest BCUT2D eigenvalue weighted by atomic mass is 10.2. The Morgan fingerprint density at radius 1 is 1.15 bits per heavy atom. The molecule has 20 heavy (non-hydrogen) atoms. The van der Waals surface area contributed by atoms with Crippen LogP contribution in [0.1, 0.15) is 11.4 Å². The number of aromatic nitrogens is 1. The maximum Gasteiger partial charge on any atom is 0.142 e. The molecule has 2 rings (SSSR count). The molecule has 0 spiro atoms. The van der Waals surface area contributed by atoms with Crippen LogP contribution in [0.5, 0.6) is 11.5 Å². The zero-order chi connectivity index (χ0) is 14.5. The molecule has 0 aliphatic heterocycles. The van der Waals surface area contributed by atoms with Crippen LogP contribution in [-0.4, -0.2) is 19.2 Å². The van der Waals surface area contributed by atoms with E-state index in [9.17, 15) is 0 Å². The molecule has 0 amide bonds. The molecule has 1 N–H and O–H groups in total. The molecule has 0 unspecified atom stereocenters. The molecule has 0 radical (unpaired) electrons. The van der Waals surface area contributed by atoms with Crippen molar-refractivity contribution < 1.29 is 9.47 Å². The highest BCUT2D eigenvalue weighted by Gasteiger charge is 2.05. The first-order valence-corrected chi connectivity index (χ1v) is 7.00. The molecule has 5 heteroatoms. The van der Waals surface area contributed by atoms with E-state index < -0.39 is 0 Å². The number of nitrogens with zero attached hydrogens (tertiary/aromatic N) is 1. The van der Waals surface area contributed by atoms with E-state index in [-0.39, 0.29) is 0 Å². The molecule has 0 atom stereocenters. The van der Waals surface area contributed by atoms with Gasteiger partial charge in [-0.25, -0.2) is 0 Å². The van der Waals surface area contributed by atoms with Crippen LogP contribution in [0, 0.1) is 6.92 Å². The lowest BCUT2D eigenvalue weighted by molar-refractivity contribution is 0.413. The van der Waals surface area contributed by atoms with E-state index in [2.05, 4.69) is 26.2 Å². The summed E-state index contributed by atoms with van der Waals surface area (Å²) in [6, 6.07) is 9.66. The van der Waals surface area contributed by atoms with Gasteiger partial charge in [0.05, 0.1) is 32.1 Å². The summed E-state index contributed by atoms with van der Waals surface area (Å²) < 4.78 is 11.6. The van der Waals surface area contributed by atoms with Crippen molar-refractivity contribution >= 4 is 21.6 Å². The van der Waals surface area contributed by atoms with E-state index in [1.807, 2.05) is 37.3 Å². The van der Waals surface area contributed by atoms with Gasteiger partial charge in [0.1, 0.15) is 11.5 Å². The Morgan fingerprint density at radius 3 is 2.65 bits per heavy atom. The van der Waals surface area contributed by atoms with Crippen molar-refractivity contribution in [2.45, 2.75) is 13.5 Å². The zero-order valence-corrected chi connectivity index (χ0v) is 13.3. The van der Waals surface area contributed by atoms with Crippen LogP contribution in [-0.2, 0) is 6.54 Å². The number of halogens is 1. The molecule has 0 saturated carbocycles. The Labute approximate surface area is 127 Å². The van der Waals surface area contributed by atoms with Gasteiger partial charge >= 0.3 is 0 Å². The summed E-state index contributed by atoms with van der Waals surface area (Å²) in [5.41, 5.74) is 2.77. The number of methoxy groups -OCH3 is 2. The average Bonchev–Trinajstić information content (AvgIpc) is 2.44. The van der Waals surface area contributed by atoms with Crippen molar-refractivity contribution in [1.29, 1.82) is 0 Å². The minimum Gasteiger partial charge on any atom is -0.497 e. The van der Waals surface area contributed by atoms with Gasteiger partial charge < -0.3 is 14.8 Å². The summed E-state index contributed by atoms with van der Waals surface area (Å²) in [7, 11) is 3.31. The lowest BCUT2D eigenvalue weighted by Crippen LogP contribution is -2.04. The lowest BCUT2D eigenvalue weighted by Gasteiger charge is -2.12. The summed E-state index contributed by atoms with van der Waals surface area (Å²) >= 11 is 3.45. The summed E-state index contributed by atoms with van der Waals surface area (Å²) in [6.45, 7) is 2.55. The number of anilines is 1. The fraction of sp³-hybridized carbons (Fsp3) is 0.267. The molecule has 0 bridgehead atoms. The molecule has 0 fully saturated rings. The first kappa shape index (κ1) is 14.7. The molecule has 1 aromatic carbocycles. The van der Waals surface area contributed by atoms with E-state index in [1.165, 1.54) is 0 Å². The highest BCUT2D eigenvalue weighted by Crippen LogP contribution is 2.28. The molecule has 106 valence electrons. The van der Waals surface area contributed by atoms with E-state index in [0.29, 0.717) is 6.54 Å². The van der Waals surface area contributed by atoms with Gasteiger partial charge in [-0.1, -0.05) is 15.9 Å². The Morgan fingerprint density at radius 2 is 1.95 bits per heavy atom. The molecular weight excluding hydrogens is 320 g/mol. The van der Waals surface area contributed by atoms with Crippen LogP contribution in [0.4, 0.5) is 5.69 Å². The first-order chi connectivity index (χ1) is 9.62. The van der Waals surface area contributed by atoms with E-state index in [1.54, 1.807) is 14.2 Å². The van der Waals surface area contributed by atoms with Crippen molar-refractivity contribution in [2.24, 2.45) is 0 Å². The number of rotatable bonds is 5. The molecule has 4 nitrogen and oxygen atoms in total. The van der Waals surface area contributed by atoms with Gasteiger partial charge in [-0.2, -0.15) is 0 Å². The van der Waals surface area contributed by atoms with Crippen molar-refractivity contribution in [3.8, 4) is 11.5 Å². The van der Waals surface area contributed by atoms with Crippen molar-refractivity contribution in [2.75, 3.05) is 19.5 Å². The molecular formula is C15H17BrN2O2. The van der Waals surface area contributed by atoms with Crippen LogP contribution in [0.25, 0.3) is 0 Å². The van der Waals surface area contributed by atoms with Gasteiger partial charge in [0.15, 0.2) is 0 Å². The Hall–Kier alpha value is -1.75. The van der Waals surface area contributed by atoms with Gasteiger partial charge in [-0.15, -0.1) is 0 Å². The van der Waals surface area contributed by atoms with Crippen LogP contribution >= 0.6 is 15.9 Å². The molecule has 0 aliphatic rings. The summed E-state index contributed by atoms with van der Waals surface area (Å²) in [5.74, 6) is 1.61. The van der Waals surface area contributed by atoms with Crippen LogP contribution in [0.2, 0.25) is 0 Å². The van der Waals surface area contributed by atoms with Crippen LogP contribution in [0.15, 0.2) is 34.8 Å². The second-order valence-corrected chi connectivity index (χ2v) is 5.25. The number of nitrogens with one attached hydrogen (secondary N) is 1. The first-order valence-electron chi connectivity index (χ1n) is 6.21. The van der Waals surface area contributed by atoms with E-state index >= 15 is 0 Å². The van der Waals surface area contributed by atoms with E-state index in [0.717, 1.165) is 33.0 Å². The number of hydrogen-bond donors (Lipinski definition) is 1. The maximum absolute atomic E-state index is 5.33. The third kappa shape index (κ3) is 3.63. The second kappa shape index (κ2) is 6.61. The third-order valence-corrected chi connectivity index (χ3v) is 3.33. The molecule has 1 heterocycles. The largest absolute Gasteiger partial charge is 0.497 e. The Bertz CT molecular complexity index is 602. The van der Waals surface area contributed by atoms with Gasteiger partial charge in [-0.3, -0.25) is 4.98 Å². The smallest absolute Gasteiger partial charge is 0.142 e. The zero-order valence-electron chi connectivity index (χ0n) is 11.7. The summed E-state index contributed by atoms with van der Waals surface area (Å²) in [5, 5.41) is 3.33. The van der Waals surface area contributed by atoms with Crippen molar-refractivity contribution in [1.82, 2.24) is 4.98 Å². The third-order valence-electron chi connectivity index (χ3n) is 2.84. The van der Waals surface area contributed by atoms with Crippen molar-refractivity contribution in [3.05, 3.63) is 46.2 Å². The normalized spacial score (nSPS) is 10.2. The molecule has 0 aliphatic carbocycles. The highest BCUT2D eigenvalue weighted by atomic mass is 79.9. The summed E-state index contributed by atoms with van der Waals surface area (Å²) in [6.07, 6.45) is 0. The topological polar surface area (TPSA) is 43.4 Å². The van der Waals surface area contributed by atoms with Crippen LogP contribution in [0.3, 0.4) is 0 Å². The van der Waals surface area contributed by atoms with Crippen molar-refractivity contribution in [3.63, 3.8) is 0 Å². The Balaban J connectivity index is 2.16.